The molecule has 4 aromatic rings. The highest BCUT2D eigenvalue weighted by atomic mass is 35.5. The largest absolute Gasteiger partial charge is 0.352 e. The molecule has 3 heterocycles. The van der Waals surface area contributed by atoms with Gasteiger partial charge in [0, 0.05) is 22.9 Å². The monoisotopic (exact) mass is 442 g/mol. The summed E-state index contributed by atoms with van der Waals surface area (Å²) >= 11 is 1.53. The van der Waals surface area contributed by atoms with Gasteiger partial charge >= 0.3 is 0 Å². The molecule has 0 radical (unpaired) electrons. The number of rotatable bonds is 4. The van der Waals surface area contributed by atoms with Crippen LogP contribution in [0.1, 0.15) is 37.4 Å². The molecule has 2 N–H and O–H groups in total. The Kier molecular flexibility index (Phi) is 5.92. The van der Waals surface area contributed by atoms with E-state index in [1.807, 2.05) is 41.8 Å². The number of fused-ring (bicyclic) bond motifs is 2. The van der Waals surface area contributed by atoms with Crippen LogP contribution in [0.15, 0.2) is 52.8 Å². The van der Waals surface area contributed by atoms with E-state index in [0.29, 0.717) is 11.3 Å². The molecule has 1 amide bonds. The molecule has 0 bridgehead atoms. The molecular formula is C22H23ClN4O2S. The van der Waals surface area contributed by atoms with Crippen LogP contribution in [0.2, 0.25) is 0 Å². The first-order valence-electron chi connectivity index (χ1n) is 9.98. The van der Waals surface area contributed by atoms with Crippen LogP contribution in [-0.4, -0.2) is 26.5 Å². The number of nitrogens with zero attached hydrogens (tertiary/aromatic N) is 2. The highest BCUT2D eigenvalue weighted by molar-refractivity contribution is 7.17. The summed E-state index contributed by atoms with van der Waals surface area (Å²) in [5.41, 5.74) is 1.93. The smallest absolute Gasteiger partial charge is 0.259 e. The zero-order valence-corrected chi connectivity index (χ0v) is 18.0. The molecule has 0 spiro atoms. The molecular weight excluding hydrogens is 420 g/mol. The third kappa shape index (κ3) is 4.00. The molecule has 30 heavy (non-hydrogen) atoms. The van der Waals surface area contributed by atoms with E-state index in [4.69, 9.17) is 4.98 Å². The van der Waals surface area contributed by atoms with Gasteiger partial charge in [0.1, 0.15) is 12.4 Å². The quantitative estimate of drug-likeness (QED) is 0.497. The summed E-state index contributed by atoms with van der Waals surface area (Å²) in [4.78, 5) is 33.3. The molecule has 2 atom stereocenters. The van der Waals surface area contributed by atoms with Gasteiger partial charge in [-0.2, -0.15) is 0 Å². The van der Waals surface area contributed by atoms with E-state index < -0.39 is 0 Å². The predicted octanol–water partition coefficient (Wildman–Crippen LogP) is 4.20. The minimum Gasteiger partial charge on any atom is -0.352 e. The Labute approximate surface area is 183 Å². The molecule has 1 aliphatic carbocycles. The molecule has 0 saturated heterocycles. The van der Waals surface area contributed by atoms with Crippen molar-refractivity contribution in [2.24, 2.45) is 0 Å². The predicted molar refractivity (Wildman–Crippen MR) is 123 cm³/mol. The van der Waals surface area contributed by atoms with Gasteiger partial charge in [-0.3, -0.25) is 9.59 Å². The Hall–Kier alpha value is -2.64. The van der Waals surface area contributed by atoms with Crippen LogP contribution in [0.25, 0.3) is 21.1 Å². The van der Waals surface area contributed by atoms with E-state index in [-0.39, 0.29) is 36.5 Å². The average molecular weight is 443 g/mol. The number of carbonyl (C=O) groups excluding carboxylic acids is 1. The second kappa shape index (κ2) is 8.62. The number of aromatic nitrogens is 3. The second-order valence-electron chi connectivity index (χ2n) is 7.71. The van der Waals surface area contributed by atoms with Crippen LogP contribution in [-0.2, 0) is 11.3 Å². The number of thiophene rings is 1. The number of carbonyl (C=O) groups is 1. The fourth-order valence-electron chi connectivity index (χ4n) is 4.29. The summed E-state index contributed by atoms with van der Waals surface area (Å²) in [5, 5.41) is 5.71. The fourth-order valence-corrected chi connectivity index (χ4v) is 5.07. The van der Waals surface area contributed by atoms with E-state index in [2.05, 4.69) is 10.3 Å². The summed E-state index contributed by atoms with van der Waals surface area (Å²) in [7, 11) is 0. The van der Waals surface area contributed by atoms with Crippen LogP contribution in [0.4, 0.5) is 0 Å². The Balaban J connectivity index is 0.00000218. The number of halogens is 1. The van der Waals surface area contributed by atoms with Crippen molar-refractivity contribution >= 4 is 50.8 Å². The van der Waals surface area contributed by atoms with Crippen molar-refractivity contribution in [3.05, 3.63) is 64.2 Å². The summed E-state index contributed by atoms with van der Waals surface area (Å²) in [6.45, 7) is 0.0520. The van der Waals surface area contributed by atoms with Crippen LogP contribution in [0, 0.1) is 0 Å². The number of amides is 1. The van der Waals surface area contributed by atoms with Gasteiger partial charge in [-0.15, -0.1) is 23.7 Å². The third-order valence-electron chi connectivity index (χ3n) is 5.74. The highest BCUT2D eigenvalue weighted by Crippen LogP contribution is 2.32. The lowest BCUT2D eigenvalue weighted by Gasteiger charge is -2.28. The van der Waals surface area contributed by atoms with Crippen molar-refractivity contribution in [3.63, 3.8) is 0 Å². The SMILES string of the molecule is Cl.O=C(Cn1ccc2sccc2c1=O)NC1CCCC(c2nc3ccccc3[nH]2)C1. The first kappa shape index (κ1) is 20.6. The molecule has 156 valence electrons. The molecule has 1 fully saturated rings. The number of hydrogen-bond acceptors (Lipinski definition) is 4. The molecule has 6 nitrogen and oxygen atoms in total. The molecule has 1 aromatic carbocycles. The molecule has 8 heteroatoms. The van der Waals surface area contributed by atoms with Gasteiger partial charge in [-0.25, -0.2) is 4.98 Å². The van der Waals surface area contributed by atoms with Gasteiger partial charge < -0.3 is 14.9 Å². The first-order valence-corrected chi connectivity index (χ1v) is 10.9. The zero-order chi connectivity index (χ0) is 19.8. The third-order valence-corrected chi connectivity index (χ3v) is 6.62. The van der Waals surface area contributed by atoms with Crippen LogP contribution in [0.5, 0.6) is 0 Å². The maximum absolute atomic E-state index is 12.6. The Morgan fingerprint density at radius 2 is 2.10 bits per heavy atom. The number of hydrogen-bond donors (Lipinski definition) is 2. The topological polar surface area (TPSA) is 79.8 Å². The number of imidazole rings is 1. The molecule has 2 unspecified atom stereocenters. The Morgan fingerprint density at radius 3 is 2.97 bits per heavy atom. The molecule has 5 rings (SSSR count). The minimum atomic E-state index is -0.114. The first-order chi connectivity index (χ1) is 14.2. The maximum Gasteiger partial charge on any atom is 0.259 e. The highest BCUT2D eigenvalue weighted by Gasteiger charge is 2.26. The van der Waals surface area contributed by atoms with E-state index in [0.717, 1.165) is 47.2 Å². The number of benzene rings is 1. The lowest BCUT2D eigenvalue weighted by atomic mass is 9.85. The lowest BCUT2D eigenvalue weighted by Crippen LogP contribution is -2.41. The number of pyridine rings is 1. The lowest BCUT2D eigenvalue weighted by molar-refractivity contribution is -0.122. The van der Waals surface area contributed by atoms with Crippen molar-refractivity contribution in [1.29, 1.82) is 0 Å². The summed E-state index contributed by atoms with van der Waals surface area (Å²) in [6, 6.07) is 11.9. The van der Waals surface area contributed by atoms with Crippen LogP contribution < -0.4 is 10.9 Å². The van der Waals surface area contributed by atoms with E-state index in [1.54, 1.807) is 6.20 Å². The van der Waals surface area contributed by atoms with Crippen molar-refractivity contribution in [2.75, 3.05) is 0 Å². The fraction of sp³-hybridized carbons (Fsp3) is 0.318. The van der Waals surface area contributed by atoms with Crippen LogP contribution in [0.3, 0.4) is 0 Å². The maximum atomic E-state index is 12.6. The number of nitrogens with one attached hydrogen (secondary N) is 2. The number of H-pyrrole nitrogens is 1. The minimum absolute atomic E-state index is 0. The van der Waals surface area contributed by atoms with E-state index >= 15 is 0 Å². The number of aromatic amines is 1. The van der Waals surface area contributed by atoms with Gasteiger partial charge in [0.25, 0.3) is 5.56 Å². The van der Waals surface area contributed by atoms with E-state index in [1.165, 1.54) is 15.9 Å². The molecule has 0 aliphatic heterocycles. The molecule has 3 aromatic heterocycles. The number of para-hydroxylation sites is 2. The summed E-state index contributed by atoms with van der Waals surface area (Å²) in [6.07, 6.45) is 5.65. The molecule has 1 aliphatic rings. The van der Waals surface area contributed by atoms with Crippen molar-refractivity contribution in [2.45, 2.75) is 44.2 Å². The van der Waals surface area contributed by atoms with E-state index in [9.17, 15) is 9.59 Å². The van der Waals surface area contributed by atoms with Crippen molar-refractivity contribution in [3.8, 4) is 0 Å². The van der Waals surface area contributed by atoms with Crippen LogP contribution >= 0.6 is 23.7 Å². The van der Waals surface area contributed by atoms with Gasteiger partial charge in [-0.1, -0.05) is 18.6 Å². The van der Waals surface area contributed by atoms with Crippen molar-refractivity contribution < 1.29 is 4.79 Å². The normalized spacial score (nSPS) is 18.9. The Morgan fingerprint density at radius 1 is 1.23 bits per heavy atom. The van der Waals surface area contributed by atoms with Gasteiger partial charge in [-0.05, 0) is 48.9 Å². The summed E-state index contributed by atoms with van der Waals surface area (Å²) in [5.74, 6) is 1.20. The van der Waals surface area contributed by atoms with Gasteiger partial charge in [0.05, 0.1) is 16.4 Å². The van der Waals surface area contributed by atoms with Gasteiger partial charge in [0.15, 0.2) is 0 Å². The average Bonchev–Trinajstić information content (AvgIpc) is 3.37. The van der Waals surface area contributed by atoms with Gasteiger partial charge in [0.2, 0.25) is 5.91 Å². The standard InChI is InChI=1S/C22H22N4O2S.ClH/c27-20(13-26-10-8-19-16(22(26)28)9-11-29-19)23-15-5-3-4-14(12-15)21-24-17-6-1-2-7-18(17)25-21;/h1-2,6-11,14-15H,3-5,12-13H2,(H,23,27)(H,24,25);1H. The summed E-state index contributed by atoms with van der Waals surface area (Å²) < 4.78 is 2.44. The second-order valence-corrected chi connectivity index (χ2v) is 8.66. The zero-order valence-electron chi connectivity index (χ0n) is 16.3. The molecule has 1 saturated carbocycles. The Bertz CT molecular complexity index is 1210. The van der Waals surface area contributed by atoms with Crippen molar-refractivity contribution in [1.82, 2.24) is 19.9 Å².